The Hall–Kier alpha value is -0.570. The highest BCUT2D eigenvalue weighted by molar-refractivity contribution is 7.92. The molecule has 1 aliphatic heterocycles. The van der Waals surface area contributed by atoms with Gasteiger partial charge in [-0.05, 0) is 13.3 Å². The third-order valence-corrected chi connectivity index (χ3v) is 4.87. The highest BCUT2D eigenvalue weighted by atomic mass is 32.2. The summed E-state index contributed by atoms with van der Waals surface area (Å²) >= 11 is 0. The van der Waals surface area contributed by atoms with E-state index in [0.29, 0.717) is 26.1 Å². The first-order valence-corrected chi connectivity index (χ1v) is 6.77. The number of ether oxygens (including phenoxy) is 1. The highest BCUT2D eigenvalue weighted by Crippen LogP contribution is 2.21. The first-order chi connectivity index (χ1) is 7.08. The van der Waals surface area contributed by atoms with Gasteiger partial charge in [-0.2, -0.15) is 0 Å². The molecule has 2 atom stereocenters. The van der Waals surface area contributed by atoms with E-state index in [-0.39, 0.29) is 17.1 Å². The molecule has 15 heavy (non-hydrogen) atoms. The van der Waals surface area contributed by atoms with Crippen LogP contribution in [0.1, 0.15) is 13.3 Å². The summed E-state index contributed by atoms with van der Waals surface area (Å²) in [5.41, 5.74) is 0. The van der Waals surface area contributed by atoms with Crippen molar-refractivity contribution in [3.05, 3.63) is 0 Å². The molecule has 0 bridgehead atoms. The van der Waals surface area contributed by atoms with Gasteiger partial charge in [0, 0.05) is 13.2 Å². The summed E-state index contributed by atoms with van der Waals surface area (Å²) in [6.07, 6.45) is 5.47. The number of nitrogens with one attached hydrogen (secondary N) is 1. The number of hydrogen-bond acceptors (Lipinski definition) is 4. The van der Waals surface area contributed by atoms with Crippen molar-refractivity contribution >= 4 is 9.84 Å². The third kappa shape index (κ3) is 3.49. The van der Waals surface area contributed by atoms with Crippen molar-refractivity contribution in [3.63, 3.8) is 0 Å². The molecule has 0 aromatic carbocycles. The second kappa shape index (κ2) is 5.50. The molecule has 0 aliphatic carbocycles. The maximum Gasteiger partial charge on any atom is 0.157 e. The smallest absolute Gasteiger partial charge is 0.157 e. The van der Waals surface area contributed by atoms with E-state index in [1.165, 1.54) is 0 Å². The van der Waals surface area contributed by atoms with Gasteiger partial charge in [0.2, 0.25) is 0 Å². The molecule has 1 N–H and O–H groups in total. The fraction of sp³-hybridized carbons (Fsp3) is 0.800. The molecular weight excluding hydrogens is 214 g/mol. The van der Waals surface area contributed by atoms with Crippen LogP contribution in [0.5, 0.6) is 0 Å². The van der Waals surface area contributed by atoms with Crippen molar-refractivity contribution in [2.45, 2.75) is 24.7 Å². The lowest BCUT2D eigenvalue weighted by Crippen LogP contribution is -2.34. The number of hydrogen-bond donors (Lipinski definition) is 1. The average Bonchev–Trinajstić information content (AvgIpc) is 2.60. The van der Waals surface area contributed by atoms with Crippen LogP contribution in [-0.2, 0) is 14.6 Å². The lowest BCUT2D eigenvalue weighted by Gasteiger charge is -2.14. The third-order valence-electron chi connectivity index (χ3n) is 2.56. The Balaban J connectivity index is 2.42. The van der Waals surface area contributed by atoms with Crippen LogP contribution in [0.4, 0.5) is 0 Å². The topological polar surface area (TPSA) is 55.4 Å². The molecule has 0 aromatic heterocycles. The van der Waals surface area contributed by atoms with Gasteiger partial charge in [-0.25, -0.2) is 8.42 Å². The molecule has 0 radical (unpaired) electrons. The Morgan fingerprint density at radius 1 is 1.60 bits per heavy atom. The summed E-state index contributed by atoms with van der Waals surface area (Å²) in [4.78, 5) is 0. The summed E-state index contributed by atoms with van der Waals surface area (Å²) in [7, 11) is -3.05. The zero-order chi connectivity index (χ0) is 11.3. The SMILES string of the molecule is C#CCNCCS(=O)(=O)C1CCOC1C. The molecular formula is C10H17NO3S. The van der Waals surface area contributed by atoms with Gasteiger partial charge in [-0.1, -0.05) is 5.92 Å². The summed E-state index contributed by atoms with van der Waals surface area (Å²) in [6, 6.07) is 0. The van der Waals surface area contributed by atoms with Crippen molar-refractivity contribution in [2.24, 2.45) is 0 Å². The van der Waals surface area contributed by atoms with E-state index in [2.05, 4.69) is 11.2 Å². The Bertz CT molecular complexity index is 331. The molecule has 2 unspecified atom stereocenters. The minimum atomic E-state index is -3.05. The van der Waals surface area contributed by atoms with E-state index >= 15 is 0 Å². The molecule has 0 spiro atoms. The zero-order valence-electron chi connectivity index (χ0n) is 8.90. The number of sulfone groups is 1. The zero-order valence-corrected chi connectivity index (χ0v) is 9.72. The summed E-state index contributed by atoms with van der Waals surface area (Å²) in [5.74, 6) is 2.53. The number of rotatable bonds is 5. The standard InChI is InChI=1S/C10H17NO3S/c1-3-5-11-6-8-15(12,13)10-4-7-14-9(10)2/h1,9-11H,4-8H2,2H3. The summed E-state index contributed by atoms with van der Waals surface area (Å²) < 4.78 is 28.9. The molecule has 1 aliphatic rings. The Morgan fingerprint density at radius 2 is 2.33 bits per heavy atom. The maximum atomic E-state index is 11.8. The van der Waals surface area contributed by atoms with Crippen molar-refractivity contribution in [2.75, 3.05) is 25.4 Å². The molecule has 1 rings (SSSR count). The van der Waals surface area contributed by atoms with Gasteiger partial charge in [-0.3, -0.25) is 0 Å². The quantitative estimate of drug-likeness (QED) is 0.526. The molecule has 5 heteroatoms. The highest BCUT2D eigenvalue weighted by Gasteiger charge is 2.34. The van der Waals surface area contributed by atoms with Gasteiger partial charge in [0.05, 0.1) is 23.7 Å². The fourth-order valence-electron chi connectivity index (χ4n) is 1.71. The van der Waals surface area contributed by atoms with Crippen LogP contribution < -0.4 is 5.32 Å². The fourth-order valence-corrected chi connectivity index (χ4v) is 3.56. The molecule has 0 amide bonds. The van der Waals surface area contributed by atoms with Gasteiger partial charge < -0.3 is 10.1 Å². The van der Waals surface area contributed by atoms with E-state index in [4.69, 9.17) is 11.2 Å². The largest absolute Gasteiger partial charge is 0.377 e. The molecule has 4 nitrogen and oxygen atoms in total. The second-order valence-electron chi connectivity index (χ2n) is 3.65. The predicted octanol–water partition coefficient (Wildman–Crippen LogP) is -0.199. The average molecular weight is 231 g/mol. The van der Waals surface area contributed by atoms with Crippen molar-refractivity contribution < 1.29 is 13.2 Å². The lowest BCUT2D eigenvalue weighted by atomic mass is 10.3. The first-order valence-electron chi connectivity index (χ1n) is 5.05. The van der Waals surface area contributed by atoms with Crippen molar-refractivity contribution in [1.29, 1.82) is 0 Å². The van der Waals surface area contributed by atoms with Crippen LogP contribution in [0.3, 0.4) is 0 Å². The molecule has 1 saturated heterocycles. The van der Waals surface area contributed by atoms with Crippen LogP contribution in [0.15, 0.2) is 0 Å². The first kappa shape index (κ1) is 12.5. The van der Waals surface area contributed by atoms with Crippen LogP contribution in [0, 0.1) is 12.3 Å². The van der Waals surface area contributed by atoms with E-state index in [1.807, 2.05) is 6.92 Å². The van der Waals surface area contributed by atoms with Crippen molar-refractivity contribution in [1.82, 2.24) is 5.32 Å². The van der Waals surface area contributed by atoms with E-state index in [1.54, 1.807) is 0 Å². The Labute approximate surface area is 91.3 Å². The molecule has 0 aromatic rings. The Morgan fingerprint density at radius 3 is 2.87 bits per heavy atom. The van der Waals surface area contributed by atoms with E-state index < -0.39 is 9.84 Å². The van der Waals surface area contributed by atoms with Gasteiger partial charge in [0.1, 0.15) is 0 Å². The van der Waals surface area contributed by atoms with E-state index in [0.717, 1.165) is 0 Å². The minimum Gasteiger partial charge on any atom is -0.377 e. The van der Waals surface area contributed by atoms with Crippen LogP contribution in [0.25, 0.3) is 0 Å². The second-order valence-corrected chi connectivity index (χ2v) is 5.99. The summed E-state index contributed by atoms with van der Waals surface area (Å²) in [6.45, 7) is 3.18. The monoisotopic (exact) mass is 231 g/mol. The Kier molecular flexibility index (Phi) is 4.58. The van der Waals surface area contributed by atoms with E-state index in [9.17, 15) is 8.42 Å². The lowest BCUT2D eigenvalue weighted by molar-refractivity contribution is 0.126. The molecule has 0 saturated carbocycles. The normalized spacial score (nSPS) is 26.4. The summed E-state index contributed by atoms with van der Waals surface area (Å²) in [5, 5.41) is 2.53. The van der Waals surface area contributed by atoms with Gasteiger partial charge >= 0.3 is 0 Å². The number of terminal acetylenes is 1. The van der Waals surface area contributed by atoms with Gasteiger partial charge in [0.15, 0.2) is 9.84 Å². The van der Waals surface area contributed by atoms with Crippen LogP contribution in [-0.4, -0.2) is 45.2 Å². The van der Waals surface area contributed by atoms with Crippen LogP contribution >= 0.6 is 0 Å². The van der Waals surface area contributed by atoms with Gasteiger partial charge in [0.25, 0.3) is 0 Å². The van der Waals surface area contributed by atoms with Crippen LogP contribution in [0.2, 0.25) is 0 Å². The molecule has 1 fully saturated rings. The predicted molar refractivity (Wildman–Crippen MR) is 59.3 cm³/mol. The van der Waals surface area contributed by atoms with Crippen molar-refractivity contribution in [3.8, 4) is 12.3 Å². The molecule has 1 heterocycles. The minimum absolute atomic E-state index is 0.132. The van der Waals surface area contributed by atoms with Gasteiger partial charge in [-0.15, -0.1) is 6.42 Å². The molecule has 86 valence electrons. The maximum absolute atomic E-state index is 11.8.